The molecule has 0 unspecified atom stereocenters. The van der Waals surface area contributed by atoms with Gasteiger partial charge >= 0.3 is 5.97 Å². The van der Waals surface area contributed by atoms with E-state index in [9.17, 15) is 9.90 Å². The van der Waals surface area contributed by atoms with Crippen LogP contribution < -0.4 is 4.74 Å². The summed E-state index contributed by atoms with van der Waals surface area (Å²) in [6.07, 6.45) is -0.586. The van der Waals surface area contributed by atoms with E-state index >= 15 is 0 Å². The van der Waals surface area contributed by atoms with E-state index in [0.717, 1.165) is 27.8 Å². The Morgan fingerprint density at radius 2 is 1.46 bits per heavy atom. The van der Waals surface area contributed by atoms with E-state index in [4.69, 9.17) is 4.74 Å². The fraction of sp³-hybridized carbons (Fsp3) is 0.174. The van der Waals surface area contributed by atoms with E-state index in [-0.39, 0.29) is 0 Å². The zero-order valence-corrected chi connectivity index (χ0v) is 15.0. The molecule has 0 aromatic heterocycles. The maximum Gasteiger partial charge on any atom is 0.345 e. The summed E-state index contributed by atoms with van der Waals surface area (Å²) >= 11 is 0. The first-order chi connectivity index (χ1) is 12.5. The third-order valence-electron chi connectivity index (χ3n) is 4.22. The molecular formula is C23H22O3. The van der Waals surface area contributed by atoms with Crippen LogP contribution >= 0.6 is 0 Å². The third-order valence-corrected chi connectivity index (χ3v) is 4.22. The van der Waals surface area contributed by atoms with Crippen molar-refractivity contribution in [2.75, 3.05) is 0 Å². The van der Waals surface area contributed by atoms with Crippen LogP contribution in [0.2, 0.25) is 0 Å². The molecule has 0 bridgehead atoms. The van der Waals surface area contributed by atoms with Gasteiger partial charge in [-0.1, -0.05) is 71.8 Å². The number of aliphatic carboxylic acids is 1. The molecule has 0 aliphatic heterocycles. The van der Waals surface area contributed by atoms with Crippen LogP contribution in [-0.4, -0.2) is 17.2 Å². The second kappa shape index (κ2) is 7.87. The van der Waals surface area contributed by atoms with Crippen LogP contribution in [0.15, 0.2) is 72.8 Å². The predicted octanol–water partition coefficient (Wildman–Crippen LogP) is 5.05. The first-order valence-corrected chi connectivity index (χ1v) is 8.63. The quantitative estimate of drug-likeness (QED) is 0.680. The zero-order valence-electron chi connectivity index (χ0n) is 15.0. The number of carbonyl (C=O) groups is 1. The number of benzene rings is 3. The molecule has 0 saturated heterocycles. The molecule has 0 saturated carbocycles. The van der Waals surface area contributed by atoms with Gasteiger partial charge in [-0.05, 0) is 42.7 Å². The summed E-state index contributed by atoms with van der Waals surface area (Å²) in [4.78, 5) is 11.6. The summed E-state index contributed by atoms with van der Waals surface area (Å²) in [5.41, 5.74) is 5.40. The smallest absolute Gasteiger partial charge is 0.345 e. The van der Waals surface area contributed by atoms with E-state index in [0.29, 0.717) is 12.2 Å². The highest BCUT2D eigenvalue weighted by atomic mass is 16.5. The Balaban J connectivity index is 1.75. The SMILES string of the molecule is Cc1cc(C)cc(C[C@H](Oc2ccc(-c3ccccc3)cc2)C(=O)O)c1. The fourth-order valence-corrected chi connectivity index (χ4v) is 3.10. The lowest BCUT2D eigenvalue weighted by molar-refractivity contribution is -0.145. The number of rotatable bonds is 6. The van der Waals surface area contributed by atoms with Crippen LogP contribution in [0.25, 0.3) is 11.1 Å². The molecular weight excluding hydrogens is 324 g/mol. The predicted molar refractivity (Wildman–Crippen MR) is 104 cm³/mol. The van der Waals surface area contributed by atoms with E-state index in [1.807, 2.05) is 80.6 Å². The number of ether oxygens (including phenoxy) is 1. The van der Waals surface area contributed by atoms with Crippen molar-refractivity contribution in [3.63, 3.8) is 0 Å². The van der Waals surface area contributed by atoms with Crippen molar-refractivity contribution in [1.82, 2.24) is 0 Å². The topological polar surface area (TPSA) is 46.5 Å². The van der Waals surface area contributed by atoms with Crippen LogP contribution in [-0.2, 0) is 11.2 Å². The van der Waals surface area contributed by atoms with Gasteiger partial charge in [-0.2, -0.15) is 0 Å². The molecule has 0 radical (unpaired) electrons. The third kappa shape index (κ3) is 4.51. The van der Waals surface area contributed by atoms with Crippen LogP contribution in [0.4, 0.5) is 0 Å². The molecule has 0 spiro atoms. The van der Waals surface area contributed by atoms with E-state index in [2.05, 4.69) is 6.07 Å². The van der Waals surface area contributed by atoms with Crippen molar-refractivity contribution in [3.05, 3.63) is 89.5 Å². The van der Waals surface area contributed by atoms with Crippen molar-refractivity contribution in [1.29, 1.82) is 0 Å². The Bertz CT molecular complexity index is 863. The van der Waals surface area contributed by atoms with Crippen LogP contribution in [0.3, 0.4) is 0 Å². The summed E-state index contributed by atoms with van der Waals surface area (Å²) in [5.74, 6) is -0.405. The molecule has 3 rings (SSSR count). The Hall–Kier alpha value is -3.07. The molecule has 0 fully saturated rings. The summed E-state index contributed by atoms with van der Waals surface area (Å²) in [5, 5.41) is 9.54. The van der Waals surface area contributed by atoms with Crippen molar-refractivity contribution < 1.29 is 14.6 Å². The molecule has 0 aliphatic rings. The molecule has 3 aromatic rings. The summed E-state index contributed by atoms with van der Waals surface area (Å²) < 4.78 is 5.75. The van der Waals surface area contributed by atoms with Crippen molar-refractivity contribution in [2.24, 2.45) is 0 Å². The Labute approximate surface area is 153 Å². The lowest BCUT2D eigenvalue weighted by atomic mass is 10.0. The minimum absolute atomic E-state index is 0.332. The number of hydrogen-bond donors (Lipinski definition) is 1. The molecule has 26 heavy (non-hydrogen) atoms. The number of carboxylic acid groups (broad SMARTS) is 1. The monoisotopic (exact) mass is 346 g/mol. The van der Waals surface area contributed by atoms with Gasteiger partial charge in [-0.15, -0.1) is 0 Å². The Morgan fingerprint density at radius 1 is 0.885 bits per heavy atom. The van der Waals surface area contributed by atoms with Gasteiger partial charge in [-0.3, -0.25) is 0 Å². The second-order valence-electron chi connectivity index (χ2n) is 6.54. The van der Waals surface area contributed by atoms with Crippen molar-refractivity contribution in [2.45, 2.75) is 26.4 Å². The largest absolute Gasteiger partial charge is 0.478 e. The normalized spacial score (nSPS) is 11.8. The first kappa shape index (κ1) is 17.7. The van der Waals surface area contributed by atoms with Crippen LogP contribution in [0.5, 0.6) is 5.75 Å². The van der Waals surface area contributed by atoms with Gasteiger partial charge in [0.05, 0.1) is 0 Å². The summed E-state index contributed by atoms with van der Waals surface area (Å²) in [6, 6.07) is 23.6. The van der Waals surface area contributed by atoms with Crippen molar-refractivity contribution >= 4 is 5.97 Å². The Morgan fingerprint density at radius 3 is 2.04 bits per heavy atom. The number of hydrogen-bond acceptors (Lipinski definition) is 2. The summed E-state index contributed by atoms with van der Waals surface area (Å²) in [6.45, 7) is 4.02. The van der Waals surface area contributed by atoms with Crippen LogP contribution in [0, 0.1) is 13.8 Å². The van der Waals surface area contributed by atoms with E-state index < -0.39 is 12.1 Å². The fourth-order valence-electron chi connectivity index (χ4n) is 3.10. The maximum atomic E-state index is 11.6. The molecule has 0 heterocycles. The second-order valence-corrected chi connectivity index (χ2v) is 6.54. The number of aryl methyl sites for hydroxylation is 2. The average molecular weight is 346 g/mol. The van der Waals surface area contributed by atoms with Gasteiger partial charge in [0.2, 0.25) is 0 Å². The minimum Gasteiger partial charge on any atom is -0.478 e. The van der Waals surface area contributed by atoms with Gasteiger partial charge in [0.25, 0.3) is 0 Å². The highest BCUT2D eigenvalue weighted by Gasteiger charge is 2.20. The lowest BCUT2D eigenvalue weighted by Gasteiger charge is -2.16. The zero-order chi connectivity index (χ0) is 18.5. The summed E-state index contributed by atoms with van der Waals surface area (Å²) in [7, 11) is 0. The van der Waals surface area contributed by atoms with Gasteiger partial charge in [0, 0.05) is 6.42 Å². The minimum atomic E-state index is -0.962. The van der Waals surface area contributed by atoms with Gasteiger partial charge in [0.1, 0.15) is 5.75 Å². The maximum absolute atomic E-state index is 11.6. The van der Waals surface area contributed by atoms with Gasteiger partial charge in [0.15, 0.2) is 6.10 Å². The van der Waals surface area contributed by atoms with Crippen molar-refractivity contribution in [3.8, 4) is 16.9 Å². The molecule has 0 aliphatic carbocycles. The van der Waals surface area contributed by atoms with Crippen LogP contribution in [0.1, 0.15) is 16.7 Å². The molecule has 132 valence electrons. The first-order valence-electron chi connectivity index (χ1n) is 8.63. The molecule has 3 heteroatoms. The lowest BCUT2D eigenvalue weighted by Crippen LogP contribution is -2.29. The van der Waals surface area contributed by atoms with Gasteiger partial charge in [-0.25, -0.2) is 4.79 Å². The highest BCUT2D eigenvalue weighted by Crippen LogP contribution is 2.23. The highest BCUT2D eigenvalue weighted by molar-refractivity contribution is 5.73. The average Bonchev–Trinajstić information content (AvgIpc) is 2.61. The Kier molecular flexibility index (Phi) is 5.37. The molecule has 1 N–H and O–H groups in total. The van der Waals surface area contributed by atoms with Gasteiger partial charge < -0.3 is 9.84 Å². The number of carboxylic acids is 1. The van der Waals surface area contributed by atoms with E-state index in [1.165, 1.54) is 0 Å². The standard InChI is InChI=1S/C23H22O3/c1-16-12-17(2)14-18(13-16)15-22(23(24)25)26-21-10-8-20(9-11-21)19-6-4-3-5-7-19/h3-14,22H,15H2,1-2H3,(H,24,25)/t22-/m0/s1. The molecule has 0 amide bonds. The van der Waals surface area contributed by atoms with E-state index in [1.54, 1.807) is 0 Å². The molecule has 1 atom stereocenters. The molecule has 3 nitrogen and oxygen atoms in total. The molecule has 3 aromatic carbocycles.